The normalized spacial score (nSPS) is 11.8. The summed E-state index contributed by atoms with van der Waals surface area (Å²) in [6, 6.07) is 14.7. The molecular weight excluding hydrogens is 277 g/mol. The Morgan fingerprint density at radius 1 is 0.952 bits per heavy atom. The number of benzene rings is 2. The summed E-state index contributed by atoms with van der Waals surface area (Å²) in [6.45, 7) is 2.07. The maximum Gasteiger partial charge on any atom is 0.344 e. The molecule has 0 fully saturated rings. The Hall–Kier alpha value is -2.23. The van der Waals surface area contributed by atoms with E-state index in [1.54, 1.807) is 12.1 Å². The van der Waals surface area contributed by atoms with Crippen LogP contribution in [0.3, 0.4) is 0 Å². The predicted octanol–water partition coefficient (Wildman–Crippen LogP) is 5.45. The monoisotopic (exact) mass is 292 g/mol. The van der Waals surface area contributed by atoms with E-state index in [1.807, 2.05) is 18.2 Å². The van der Waals surface area contributed by atoms with Gasteiger partial charge in [-0.25, -0.2) is 0 Å². The number of hydrogen-bond acceptors (Lipinski definition) is 1. The van der Waals surface area contributed by atoms with Crippen LogP contribution >= 0.6 is 0 Å². The molecule has 0 bridgehead atoms. The molecule has 21 heavy (non-hydrogen) atoms. The minimum absolute atomic E-state index is 0.0518. The molecule has 0 aliphatic heterocycles. The van der Waals surface area contributed by atoms with Crippen LogP contribution in [0.4, 0.5) is 13.2 Å². The van der Waals surface area contributed by atoms with Crippen LogP contribution in [0.5, 0.6) is 5.75 Å². The zero-order valence-corrected chi connectivity index (χ0v) is 11.5. The molecule has 2 rings (SSSR count). The number of ether oxygens (including phenoxy) is 1. The molecule has 0 N–H and O–H groups in total. The van der Waals surface area contributed by atoms with Crippen molar-refractivity contribution >= 4 is 0 Å². The third-order valence-corrected chi connectivity index (χ3v) is 3.19. The Kier molecular flexibility index (Phi) is 5.04. The highest BCUT2D eigenvalue weighted by Gasteiger charge is 2.10. The van der Waals surface area contributed by atoms with Crippen LogP contribution < -0.4 is 4.74 Å². The minimum atomic E-state index is -2.46. The van der Waals surface area contributed by atoms with Crippen LogP contribution in [0.15, 0.2) is 66.7 Å². The molecule has 0 aliphatic rings. The van der Waals surface area contributed by atoms with Gasteiger partial charge in [0.2, 0.25) is 0 Å². The van der Waals surface area contributed by atoms with Gasteiger partial charge < -0.3 is 4.74 Å². The summed E-state index contributed by atoms with van der Waals surface area (Å²) in [5.41, 5.74) is 2.26. The minimum Gasteiger partial charge on any atom is -0.428 e. The number of rotatable bonds is 5. The topological polar surface area (TPSA) is 9.23 Å². The average Bonchev–Trinajstić information content (AvgIpc) is 2.48. The Bertz CT molecular complexity index is 602. The van der Waals surface area contributed by atoms with Crippen molar-refractivity contribution in [3.8, 4) is 5.75 Å². The summed E-state index contributed by atoms with van der Waals surface area (Å²) in [4.78, 5) is 0. The van der Waals surface area contributed by atoms with Gasteiger partial charge in [-0.1, -0.05) is 49.4 Å². The Balaban J connectivity index is 2.03. The molecule has 0 heterocycles. The molecule has 0 amide bonds. The smallest absolute Gasteiger partial charge is 0.344 e. The maximum atomic E-state index is 12.7. The number of halogens is 3. The van der Waals surface area contributed by atoms with E-state index in [4.69, 9.17) is 0 Å². The largest absolute Gasteiger partial charge is 0.428 e. The van der Waals surface area contributed by atoms with Gasteiger partial charge >= 0.3 is 12.1 Å². The van der Waals surface area contributed by atoms with Crippen LogP contribution in [0.1, 0.15) is 24.0 Å². The third kappa shape index (κ3) is 4.38. The average molecular weight is 292 g/mol. The van der Waals surface area contributed by atoms with E-state index < -0.39 is 12.1 Å². The molecule has 1 nitrogen and oxygen atoms in total. The van der Waals surface area contributed by atoms with Crippen molar-refractivity contribution in [1.82, 2.24) is 0 Å². The summed E-state index contributed by atoms with van der Waals surface area (Å²) < 4.78 is 40.9. The first-order valence-electron chi connectivity index (χ1n) is 6.59. The molecule has 0 aromatic heterocycles. The molecular formula is C17H15F3O. The summed E-state index contributed by atoms with van der Waals surface area (Å²) in [7, 11) is 0. The van der Waals surface area contributed by atoms with Crippen molar-refractivity contribution in [3.63, 3.8) is 0 Å². The highest BCUT2D eigenvalue weighted by molar-refractivity contribution is 5.31. The van der Waals surface area contributed by atoms with Crippen molar-refractivity contribution in [3.05, 3.63) is 77.8 Å². The van der Waals surface area contributed by atoms with E-state index in [2.05, 4.69) is 23.8 Å². The summed E-state index contributed by atoms with van der Waals surface area (Å²) in [5.74, 6) is 0.315. The van der Waals surface area contributed by atoms with Crippen molar-refractivity contribution in [2.45, 2.75) is 19.3 Å². The van der Waals surface area contributed by atoms with E-state index in [-0.39, 0.29) is 11.7 Å². The van der Waals surface area contributed by atoms with Crippen molar-refractivity contribution in [2.75, 3.05) is 0 Å². The molecule has 0 radical (unpaired) electrons. The van der Waals surface area contributed by atoms with Crippen molar-refractivity contribution in [1.29, 1.82) is 0 Å². The van der Waals surface area contributed by atoms with Gasteiger partial charge in [-0.2, -0.15) is 13.2 Å². The van der Waals surface area contributed by atoms with Crippen molar-refractivity contribution < 1.29 is 17.9 Å². The predicted molar refractivity (Wildman–Crippen MR) is 76.0 cm³/mol. The highest BCUT2D eigenvalue weighted by Crippen LogP contribution is 2.24. The van der Waals surface area contributed by atoms with Gasteiger partial charge in [-0.3, -0.25) is 0 Å². The van der Waals surface area contributed by atoms with Gasteiger partial charge in [0.05, 0.1) is 0 Å². The molecule has 2 aromatic rings. The fourth-order valence-corrected chi connectivity index (χ4v) is 2.09. The van der Waals surface area contributed by atoms with Crippen LogP contribution in [0, 0.1) is 0 Å². The second-order valence-corrected chi connectivity index (χ2v) is 4.80. The number of hydrogen-bond donors (Lipinski definition) is 0. The van der Waals surface area contributed by atoms with Crippen LogP contribution in [-0.2, 0) is 6.42 Å². The van der Waals surface area contributed by atoms with Gasteiger partial charge in [0.15, 0.2) is 0 Å². The SMILES string of the molecule is CC(Cc1ccccc1)c1ccc(OC(F)=C(F)F)cc1. The van der Waals surface area contributed by atoms with E-state index >= 15 is 0 Å². The van der Waals surface area contributed by atoms with Crippen LogP contribution in [0.2, 0.25) is 0 Å². The van der Waals surface area contributed by atoms with E-state index in [0.29, 0.717) is 0 Å². The van der Waals surface area contributed by atoms with Gasteiger partial charge in [-0.05, 0) is 35.6 Å². The molecule has 4 heteroatoms. The lowest BCUT2D eigenvalue weighted by Gasteiger charge is -2.12. The van der Waals surface area contributed by atoms with E-state index in [0.717, 1.165) is 12.0 Å². The van der Waals surface area contributed by atoms with Crippen molar-refractivity contribution in [2.24, 2.45) is 0 Å². The first-order chi connectivity index (χ1) is 10.1. The molecule has 1 unspecified atom stereocenters. The zero-order chi connectivity index (χ0) is 15.2. The molecule has 0 saturated carbocycles. The summed E-state index contributed by atoms with van der Waals surface area (Å²) >= 11 is 0. The molecule has 0 saturated heterocycles. The first-order valence-corrected chi connectivity index (χ1v) is 6.59. The zero-order valence-electron chi connectivity index (χ0n) is 11.5. The van der Waals surface area contributed by atoms with Crippen LogP contribution in [0.25, 0.3) is 0 Å². The van der Waals surface area contributed by atoms with Gasteiger partial charge in [0, 0.05) is 0 Å². The Morgan fingerprint density at radius 3 is 2.14 bits per heavy atom. The van der Waals surface area contributed by atoms with Crippen LogP contribution in [-0.4, -0.2) is 0 Å². The molecule has 2 aromatic carbocycles. The van der Waals surface area contributed by atoms with Gasteiger partial charge in [0.1, 0.15) is 5.75 Å². The lowest BCUT2D eigenvalue weighted by molar-refractivity contribution is 0.241. The van der Waals surface area contributed by atoms with E-state index in [1.165, 1.54) is 17.7 Å². The lowest BCUT2D eigenvalue weighted by atomic mass is 9.94. The summed E-state index contributed by atoms with van der Waals surface area (Å²) in [5, 5.41) is 0. The Morgan fingerprint density at radius 2 is 1.57 bits per heavy atom. The standard InChI is InChI=1S/C17H15F3O/c1-12(11-13-5-3-2-4-6-13)14-7-9-15(10-8-14)21-17(20)16(18)19/h2-10,12H,11H2,1H3. The second kappa shape index (κ2) is 6.97. The first kappa shape index (κ1) is 15.2. The van der Waals surface area contributed by atoms with Gasteiger partial charge in [-0.15, -0.1) is 0 Å². The quantitative estimate of drug-likeness (QED) is 0.666. The Labute approximate surface area is 121 Å². The summed E-state index contributed by atoms with van der Waals surface area (Å²) in [6.07, 6.45) is -1.59. The molecule has 0 aliphatic carbocycles. The van der Waals surface area contributed by atoms with Gasteiger partial charge in [0.25, 0.3) is 0 Å². The fraction of sp³-hybridized carbons (Fsp3) is 0.176. The fourth-order valence-electron chi connectivity index (χ4n) is 2.09. The molecule has 0 spiro atoms. The lowest BCUT2D eigenvalue weighted by Crippen LogP contribution is -1.98. The van der Waals surface area contributed by atoms with E-state index in [9.17, 15) is 13.2 Å². The molecule has 1 atom stereocenters. The maximum absolute atomic E-state index is 12.7. The highest BCUT2D eigenvalue weighted by atomic mass is 19.3. The molecule has 110 valence electrons. The third-order valence-electron chi connectivity index (χ3n) is 3.19. The second-order valence-electron chi connectivity index (χ2n) is 4.80.